The van der Waals surface area contributed by atoms with Crippen LogP contribution >= 0.6 is 11.6 Å². The standard InChI is InChI=1S/C25H26ClN5O4/c1-17(35-20-5-3-2-4-6-20)24(32)29-11-13-30(14-12-29)25(33)23-21-16-34-22(15-31(21)28-27-23)18-7-9-19(26)10-8-18/h2-10,17,22H,11-16H2,1H3/t17-,22+/m0/s1. The quantitative estimate of drug-likeness (QED) is 0.540. The highest BCUT2D eigenvalue weighted by Crippen LogP contribution is 2.28. The van der Waals surface area contributed by atoms with Gasteiger partial charge in [0, 0.05) is 31.2 Å². The molecule has 0 spiro atoms. The van der Waals surface area contributed by atoms with E-state index >= 15 is 0 Å². The second-order valence-corrected chi connectivity index (χ2v) is 9.05. The van der Waals surface area contributed by atoms with Crippen LogP contribution in [0.1, 0.15) is 34.8 Å². The van der Waals surface area contributed by atoms with Gasteiger partial charge in [-0.05, 0) is 36.8 Å². The third-order valence-corrected chi connectivity index (χ3v) is 6.58. The van der Waals surface area contributed by atoms with Gasteiger partial charge in [0.1, 0.15) is 11.9 Å². The Hall–Kier alpha value is -3.43. The maximum absolute atomic E-state index is 13.2. The summed E-state index contributed by atoms with van der Waals surface area (Å²) in [5.41, 5.74) is 1.97. The van der Waals surface area contributed by atoms with Crippen LogP contribution in [-0.2, 0) is 22.7 Å². The Kier molecular flexibility index (Phi) is 6.70. The zero-order chi connectivity index (χ0) is 24.4. The van der Waals surface area contributed by atoms with Gasteiger partial charge in [-0.3, -0.25) is 9.59 Å². The number of fused-ring (bicyclic) bond motifs is 1. The fourth-order valence-electron chi connectivity index (χ4n) is 4.35. The summed E-state index contributed by atoms with van der Waals surface area (Å²) >= 11 is 5.98. The number of carbonyl (C=O) groups is 2. The number of halogens is 1. The minimum Gasteiger partial charge on any atom is -0.481 e. The average molecular weight is 496 g/mol. The molecule has 0 N–H and O–H groups in total. The van der Waals surface area contributed by atoms with Crippen LogP contribution in [0.2, 0.25) is 5.02 Å². The molecule has 3 heterocycles. The molecular formula is C25H26ClN5O4. The van der Waals surface area contributed by atoms with Crippen molar-refractivity contribution in [3.63, 3.8) is 0 Å². The van der Waals surface area contributed by atoms with E-state index in [1.165, 1.54) is 0 Å². The van der Waals surface area contributed by atoms with Crippen molar-refractivity contribution >= 4 is 23.4 Å². The first kappa shape index (κ1) is 23.3. The van der Waals surface area contributed by atoms with Crippen molar-refractivity contribution in [2.75, 3.05) is 26.2 Å². The maximum atomic E-state index is 13.2. The van der Waals surface area contributed by atoms with Crippen molar-refractivity contribution in [3.05, 3.63) is 76.6 Å². The fourth-order valence-corrected chi connectivity index (χ4v) is 4.47. The van der Waals surface area contributed by atoms with E-state index in [1.54, 1.807) is 21.4 Å². The van der Waals surface area contributed by atoms with Crippen LogP contribution < -0.4 is 4.74 Å². The fraction of sp³-hybridized carbons (Fsp3) is 0.360. The molecule has 1 fully saturated rings. The predicted molar refractivity (Wildman–Crippen MR) is 128 cm³/mol. The van der Waals surface area contributed by atoms with E-state index < -0.39 is 6.10 Å². The molecule has 0 saturated carbocycles. The number of aromatic nitrogens is 3. The van der Waals surface area contributed by atoms with E-state index in [0.717, 1.165) is 5.56 Å². The van der Waals surface area contributed by atoms with Gasteiger partial charge >= 0.3 is 0 Å². The largest absolute Gasteiger partial charge is 0.481 e. The van der Waals surface area contributed by atoms with Crippen LogP contribution in [0.15, 0.2) is 54.6 Å². The molecule has 0 bridgehead atoms. The van der Waals surface area contributed by atoms with E-state index in [0.29, 0.717) is 54.9 Å². The van der Waals surface area contributed by atoms with Gasteiger partial charge < -0.3 is 19.3 Å². The molecule has 1 saturated heterocycles. The van der Waals surface area contributed by atoms with Crippen molar-refractivity contribution in [1.82, 2.24) is 24.8 Å². The van der Waals surface area contributed by atoms with E-state index in [1.807, 2.05) is 54.6 Å². The highest BCUT2D eigenvalue weighted by atomic mass is 35.5. The van der Waals surface area contributed by atoms with E-state index in [9.17, 15) is 9.59 Å². The number of nitrogens with zero attached hydrogens (tertiary/aromatic N) is 5. The number of amides is 2. The second kappa shape index (κ2) is 10.1. The molecule has 5 rings (SSSR count). The summed E-state index contributed by atoms with van der Waals surface area (Å²) in [6, 6.07) is 16.8. The van der Waals surface area contributed by atoms with Gasteiger partial charge in [0.05, 0.1) is 18.8 Å². The molecule has 2 aliphatic rings. The number of ether oxygens (including phenoxy) is 2. The van der Waals surface area contributed by atoms with Gasteiger partial charge in [0.15, 0.2) is 11.8 Å². The number of rotatable bonds is 5. The van der Waals surface area contributed by atoms with Crippen LogP contribution in [0.25, 0.3) is 0 Å². The SMILES string of the molecule is C[C@H](Oc1ccccc1)C(=O)N1CCN(C(=O)c2nnn3c2CO[C@@H](c2ccc(Cl)cc2)C3)CC1. The van der Waals surface area contributed by atoms with Crippen LogP contribution in [-0.4, -0.2) is 68.9 Å². The molecule has 2 amide bonds. The lowest BCUT2D eigenvalue weighted by molar-refractivity contribution is -0.139. The van der Waals surface area contributed by atoms with Crippen LogP contribution in [0, 0.1) is 0 Å². The maximum Gasteiger partial charge on any atom is 0.276 e. The third-order valence-electron chi connectivity index (χ3n) is 6.32. The lowest BCUT2D eigenvalue weighted by Crippen LogP contribution is -2.53. The van der Waals surface area contributed by atoms with E-state index in [-0.39, 0.29) is 24.5 Å². The molecule has 35 heavy (non-hydrogen) atoms. The summed E-state index contributed by atoms with van der Waals surface area (Å²) in [6.45, 7) is 4.17. The van der Waals surface area contributed by atoms with Crippen LogP contribution in [0.3, 0.4) is 0 Å². The molecule has 3 aromatic rings. The Morgan fingerprint density at radius 1 is 1.03 bits per heavy atom. The van der Waals surface area contributed by atoms with E-state index in [2.05, 4.69) is 10.3 Å². The average Bonchev–Trinajstić information content (AvgIpc) is 3.32. The molecular weight excluding hydrogens is 470 g/mol. The van der Waals surface area contributed by atoms with Gasteiger partial charge in [-0.15, -0.1) is 5.10 Å². The number of carbonyl (C=O) groups excluding carboxylic acids is 2. The lowest BCUT2D eigenvalue weighted by Gasteiger charge is -2.35. The Balaban J connectivity index is 1.17. The first-order valence-corrected chi connectivity index (χ1v) is 12.0. The monoisotopic (exact) mass is 495 g/mol. The predicted octanol–water partition coefficient (Wildman–Crippen LogP) is 2.95. The first-order chi connectivity index (χ1) is 17.0. The number of piperazine rings is 1. The van der Waals surface area contributed by atoms with Gasteiger partial charge in [-0.25, -0.2) is 4.68 Å². The normalized spacial score (nSPS) is 18.6. The molecule has 2 atom stereocenters. The summed E-state index contributed by atoms with van der Waals surface area (Å²) in [4.78, 5) is 29.4. The summed E-state index contributed by atoms with van der Waals surface area (Å²) in [6.07, 6.45) is -0.784. The van der Waals surface area contributed by atoms with Crippen LogP contribution in [0.5, 0.6) is 5.75 Å². The first-order valence-electron chi connectivity index (χ1n) is 11.6. The molecule has 10 heteroatoms. The molecule has 9 nitrogen and oxygen atoms in total. The Morgan fingerprint density at radius 2 is 1.71 bits per heavy atom. The lowest BCUT2D eigenvalue weighted by atomic mass is 10.1. The van der Waals surface area contributed by atoms with Gasteiger partial charge in [0.25, 0.3) is 11.8 Å². The van der Waals surface area contributed by atoms with E-state index in [4.69, 9.17) is 21.1 Å². The summed E-state index contributed by atoms with van der Waals surface area (Å²) in [7, 11) is 0. The number of para-hydroxylation sites is 1. The van der Waals surface area contributed by atoms with Crippen molar-refractivity contribution in [2.24, 2.45) is 0 Å². The molecule has 0 aliphatic carbocycles. The third kappa shape index (κ3) is 5.01. The van der Waals surface area contributed by atoms with Crippen molar-refractivity contribution in [1.29, 1.82) is 0 Å². The Morgan fingerprint density at radius 3 is 2.43 bits per heavy atom. The van der Waals surface area contributed by atoms with Gasteiger partial charge in [-0.1, -0.05) is 47.1 Å². The summed E-state index contributed by atoms with van der Waals surface area (Å²) in [5.74, 6) is 0.365. The van der Waals surface area contributed by atoms with Crippen molar-refractivity contribution in [3.8, 4) is 5.75 Å². The number of hydrogen-bond donors (Lipinski definition) is 0. The summed E-state index contributed by atoms with van der Waals surface area (Å²) < 4.78 is 13.5. The van der Waals surface area contributed by atoms with Gasteiger partial charge in [-0.2, -0.15) is 0 Å². The second-order valence-electron chi connectivity index (χ2n) is 8.61. The molecule has 0 unspecified atom stereocenters. The Bertz CT molecular complexity index is 1190. The van der Waals surface area contributed by atoms with Crippen LogP contribution in [0.4, 0.5) is 0 Å². The molecule has 2 aliphatic heterocycles. The zero-order valence-corrected chi connectivity index (χ0v) is 20.1. The smallest absolute Gasteiger partial charge is 0.276 e. The van der Waals surface area contributed by atoms with Gasteiger partial charge in [0.2, 0.25) is 0 Å². The topological polar surface area (TPSA) is 89.8 Å². The molecule has 2 aromatic carbocycles. The molecule has 1 aromatic heterocycles. The minimum atomic E-state index is -0.602. The van der Waals surface area contributed by atoms with Crippen molar-refractivity contribution < 1.29 is 19.1 Å². The van der Waals surface area contributed by atoms with Crippen molar-refractivity contribution in [2.45, 2.75) is 32.3 Å². The highest BCUT2D eigenvalue weighted by molar-refractivity contribution is 6.30. The zero-order valence-electron chi connectivity index (χ0n) is 19.3. The highest BCUT2D eigenvalue weighted by Gasteiger charge is 2.33. The molecule has 182 valence electrons. The number of benzene rings is 2. The summed E-state index contributed by atoms with van der Waals surface area (Å²) in [5, 5.41) is 9.03. The minimum absolute atomic E-state index is 0.0939. The Labute approximate surface area is 208 Å². The number of hydrogen-bond acceptors (Lipinski definition) is 6. The molecule has 0 radical (unpaired) electrons.